The number of carbonyl (C=O) groups is 1. The molecule has 2 rings (SSSR count). The van der Waals surface area contributed by atoms with E-state index in [9.17, 15) is 9.90 Å². The minimum Gasteiger partial charge on any atom is -0.388 e. The number of carbonyl (C=O) groups excluding carboxylic acids is 1. The molecule has 1 aromatic carbocycles. The molecule has 6 heteroatoms. The first-order chi connectivity index (χ1) is 9.07. The second-order valence-electron chi connectivity index (χ2n) is 4.65. The molecule has 1 aromatic rings. The number of rotatable bonds is 3. The van der Waals surface area contributed by atoms with Gasteiger partial charge in [0.1, 0.15) is 0 Å². The Morgan fingerprint density at radius 3 is 2.84 bits per heavy atom. The summed E-state index contributed by atoms with van der Waals surface area (Å²) in [6.07, 6.45) is 1.09. The van der Waals surface area contributed by atoms with E-state index in [-0.39, 0.29) is 12.6 Å². The van der Waals surface area contributed by atoms with Crippen LogP contribution < -0.4 is 10.6 Å². The van der Waals surface area contributed by atoms with E-state index in [1.807, 2.05) is 18.2 Å². The smallest absolute Gasteiger partial charge is 0.319 e. The van der Waals surface area contributed by atoms with E-state index < -0.39 is 5.60 Å². The summed E-state index contributed by atoms with van der Waals surface area (Å²) in [6, 6.07) is 7.01. The molecule has 1 aliphatic rings. The van der Waals surface area contributed by atoms with Crippen molar-refractivity contribution in [2.24, 2.45) is 0 Å². The van der Waals surface area contributed by atoms with Gasteiger partial charge in [0.15, 0.2) is 0 Å². The van der Waals surface area contributed by atoms with E-state index >= 15 is 0 Å². The van der Waals surface area contributed by atoms with Crippen molar-refractivity contribution in [3.8, 4) is 0 Å². The predicted octanol–water partition coefficient (Wildman–Crippen LogP) is 2.11. The molecule has 0 bridgehead atoms. The van der Waals surface area contributed by atoms with Crippen molar-refractivity contribution in [2.45, 2.75) is 18.4 Å². The largest absolute Gasteiger partial charge is 0.388 e. The average molecular weight is 329 g/mol. The van der Waals surface area contributed by atoms with Crippen molar-refractivity contribution < 1.29 is 14.6 Å². The average Bonchev–Trinajstić information content (AvgIpc) is 2.38. The highest BCUT2D eigenvalue weighted by Gasteiger charge is 2.30. The van der Waals surface area contributed by atoms with E-state index in [0.717, 1.165) is 4.47 Å². The van der Waals surface area contributed by atoms with Crippen LogP contribution in [0.15, 0.2) is 28.7 Å². The van der Waals surface area contributed by atoms with E-state index in [4.69, 9.17) is 4.74 Å². The van der Waals surface area contributed by atoms with Gasteiger partial charge in [0.2, 0.25) is 0 Å². The third-order valence-electron chi connectivity index (χ3n) is 3.08. The van der Waals surface area contributed by atoms with Crippen LogP contribution in [0.25, 0.3) is 0 Å². The quantitative estimate of drug-likeness (QED) is 0.795. The lowest BCUT2D eigenvalue weighted by Gasteiger charge is -2.32. The summed E-state index contributed by atoms with van der Waals surface area (Å²) in [5.41, 5.74) is -0.154. The first-order valence-electron chi connectivity index (χ1n) is 6.18. The number of amides is 2. The molecule has 2 amide bonds. The molecular weight excluding hydrogens is 312 g/mol. The Bertz CT molecular complexity index is 447. The number of nitrogens with one attached hydrogen (secondary N) is 2. The zero-order chi connectivity index (χ0) is 13.7. The normalized spacial score (nSPS) is 17.8. The van der Waals surface area contributed by atoms with Gasteiger partial charge in [-0.3, -0.25) is 0 Å². The van der Waals surface area contributed by atoms with Crippen LogP contribution in [0.5, 0.6) is 0 Å². The van der Waals surface area contributed by atoms with Gasteiger partial charge in [0, 0.05) is 42.8 Å². The van der Waals surface area contributed by atoms with Gasteiger partial charge in [-0.25, -0.2) is 4.79 Å². The Hall–Kier alpha value is -1.11. The van der Waals surface area contributed by atoms with Gasteiger partial charge in [-0.15, -0.1) is 0 Å². The summed E-state index contributed by atoms with van der Waals surface area (Å²) in [5.74, 6) is 0. The lowest BCUT2D eigenvalue weighted by Crippen LogP contribution is -2.47. The molecule has 0 radical (unpaired) electrons. The molecule has 0 spiro atoms. The Kier molecular flexibility index (Phi) is 4.79. The molecule has 1 fully saturated rings. The zero-order valence-corrected chi connectivity index (χ0v) is 12.1. The fourth-order valence-corrected chi connectivity index (χ4v) is 2.31. The molecule has 0 aliphatic carbocycles. The molecule has 0 unspecified atom stereocenters. The minimum atomic E-state index is -0.854. The summed E-state index contributed by atoms with van der Waals surface area (Å²) >= 11 is 3.34. The Labute approximate surface area is 120 Å². The van der Waals surface area contributed by atoms with Crippen molar-refractivity contribution in [2.75, 3.05) is 25.1 Å². The zero-order valence-electron chi connectivity index (χ0n) is 10.5. The molecule has 0 aromatic heterocycles. The number of aliphatic hydroxyl groups is 1. The van der Waals surface area contributed by atoms with Crippen LogP contribution in [0.1, 0.15) is 12.8 Å². The van der Waals surface area contributed by atoms with E-state index in [0.29, 0.717) is 31.7 Å². The minimum absolute atomic E-state index is 0.232. The molecular formula is C13H17BrN2O3. The number of benzene rings is 1. The predicted molar refractivity (Wildman–Crippen MR) is 76.2 cm³/mol. The van der Waals surface area contributed by atoms with Crippen molar-refractivity contribution in [1.82, 2.24) is 5.32 Å². The van der Waals surface area contributed by atoms with Crippen LogP contribution in [0.3, 0.4) is 0 Å². The number of urea groups is 1. The molecule has 3 N–H and O–H groups in total. The first-order valence-corrected chi connectivity index (χ1v) is 6.97. The molecule has 1 aliphatic heterocycles. The number of anilines is 1. The standard InChI is InChI=1S/C13H17BrN2O3/c14-10-2-1-3-11(8-10)16-12(17)15-9-13(18)4-6-19-7-5-13/h1-3,8,18H,4-7,9H2,(H2,15,16,17). The third kappa shape index (κ3) is 4.49. The third-order valence-corrected chi connectivity index (χ3v) is 3.58. The molecule has 0 saturated carbocycles. The maximum atomic E-state index is 11.7. The Balaban J connectivity index is 1.81. The van der Waals surface area contributed by atoms with Gasteiger partial charge in [-0.1, -0.05) is 22.0 Å². The summed E-state index contributed by atoms with van der Waals surface area (Å²) in [4.78, 5) is 11.7. The van der Waals surface area contributed by atoms with Gasteiger partial charge < -0.3 is 20.5 Å². The molecule has 1 saturated heterocycles. The van der Waals surface area contributed by atoms with E-state index in [1.165, 1.54) is 0 Å². The lowest BCUT2D eigenvalue weighted by molar-refractivity contribution is -0.0598. The van der Waals surface area contributed by atoms with Gasteiger partial charge in [-0.2, -0.15) is 0 Å². The van der Waals surface area contributed by atoms with Crippen LogP contribution in [0.2, 0.25) is 0 Å². The van der Waals surface area contributed by atoms with E-state index in [1.54, 1.807) is 6.07 Å². The highest BCUT2D eigenvalue weighted by Crippen LogP contribution is 2.19. The number of hydrogen-bond donors (Lipinski definition) is 3. The van der Waals surface area contributed by atoms with Gasteiger partial charge in [-0.05, 0) is 18.2 Å². The topological polar surface area (TPSA) is 70.6 Å². The summed E-state index contributed by atoms with van der Waals surface area (Å²) in [6.45, 7) is 1.30. The van der Waals surface area contributed by atoms with Gasteiger partial charge >= 0.3 is 6.03 Å². The Morgan fingerprint density at radius 2 is 2.16 bits per heavy atom. The second kappa shape index (κ2) is 6.36. The van der Waals surface area contributed by atoms with Crippen LogP contribution in [0, 0.1) is 0 Å². The Morgan fingerprint density at radius 1 is 1.42 bits per heavy atom. The van der Waals surface area contributed by atoms with Crippen LogP contribution in [-0.4, -0.2) is 36.5 Å². The van der Waals surface area contributed by atoms with Crippen molar-refractivity contribution >= 4 is 27.6 Å². The molecule has 104 valence electrons. The highest BCUT2D eigenvalue weighted by molar-refractivity contribution is 9.10. The number of hydrogen-bond acceptors (Lipinski definition) is 3. The first kappa shape index (κ1) is 14.3. The molecule has 0 atom stereocenters. The highest BCUT2D eigenvalue weighted by atomic mass is 79.9. The van der Waals surface area contributed by atoms with Gasteiger partial charge in [0.05, 0.1) is 5.60 Å². The SMILES string of the molecule is O=C(NCC1(O)CCOCC1)Nc1cccc(Br)c1. The molecule has 5 nitrogen and oxygen atoms in total. The van der Waals surface area contributed by atoms with Crippen LogP contribution in [0.4, 0.5) is 10.5 Å². The number of halogens is 1. The van der Waals surface area contributed by atoms with E-state index in [2.05, 4.69) is 26.6 Å². The van der Waals surface area contributed by atoms with Crippen LogP contribution in [-0.2, 0) is 4.74 Å². The summed E-state index contributed by atoms with van der Waals surface area (Å²) in [5, 5.41) is 15.6. The maximum Gasteiger partial charge on any atom is 0.319 e. The number of ether oxygens (including phenoxy) is 1. The monoisotopic (exact) mass is 328 g/mol. The lowest BCUT2D eigenvalue weighted by atomic mass is 9.94. The summed E-state index contributed by atoms with van der Waals surface area (Å²) in [7, 11) is 0. The van der Waals surface area contributed by atoms with Gasteiger partial charge in [0.25, 0.3) is 0 Å². The van der Waals surface area contributed by atoms with Crippen molar-refractivity contribution in [1.29, 1.82) is 0 Å². The fraction of sp³-hybridized carbons (Fsp3) is 0.462. The maximum absolute atomic E-state index is 11.7. The molecule has 19 heavy (non-hydrogen) atoms. The van der Waals surface area contributed by atoms with Crippen molar-refractivity contribution in [3.05, 3.63) is 28.7 Å². The summed E-state index contributed by atoms with van der Waals surface area (Å²) < 4.78 is 6.08. The van der Waals surface area contributed by atoms with Crippen LogP contribution >= 0.6 is 15.9 Å². The fourth-order valence-electron chi connectivity index (χ4n) is 1.91. The second-order valence-corrected chi connectivity index (χ2v) is 5.57. The van der Waals surface area contributed by atoms with Crippen molar-refractivity contribution in [3.63, 3.8) is 0 Å². The molecule has 1 heterocycles.